The van der Waals surface area contributed by atoms with Crippen LogP contribution in [0, 0.1) is 6.92 Å². The maximum Gasteiger partial charge on any atom is 0.323 e. The van der Waals surface area contributed by atoms with Crippen LogP contribution in [0.3, 0.4) is 0 Å². The molecular formula is C12H16INO4S. The lowest BCUT2D eigenvalue weighted by atomic mass is 10.2. The zero-order chi connectivity index (χ0) is 14.5. The van der Waals surface area contributed by atoms with E-state index in [1.807, 2.05) is 6.92 Å². The molecule has 1 rings (SSSR count). The van der Waals surface area contributed by atoms with Crippen LogP contribution < -0.4 is 4.72 Å². The van der Waals surface area contributed by atoms with Crippen molar-refractivity contribution in [3.05, 3.63) is 29.8 Å². The molecule has 0 heterocycles. The van der Waals surface area contributed by atoms with Gasteiger partial charge >= 0.3 is 5.97 Å². The summed E-state index contributed by atoms with van der Waals surface area (Å²) in [6.45, 7) is 1.87. The summed E-state index contributed by atoms with van der Waals surface area (Å²) in [6, 6.07) is 5.58. The van der Waals surface area contributed by atoms with E-state index in [2.05, 4.69) is 32.0 Å². The van der Waals surface area contributed by atoms with Gasteiger partial charge in [0, 0.05) is 4.43 Å². The molecule has 1 aromatic carbocycles. The molecule has 1 atom stereocenters. The number of alkyl halides is 1. The molecule has 0 radical (unpaired) electrons. The van der Waals surface area contributed by atoms with Crippen molar-refractivity contribution in [3.63, 3.8) is 0 Å². The van der Waals surface area contributed by atoms with Gasteiger partial charge in [-0.25, -0.2) is 8.42 Å². The number of esters is 1. The van der Waals surface area contributed by atoms with Gasteiger partial charge in [-0.1, -0.05) is 40.3 Å². The lowest BCUT2D eigenvalue weighted by Gasteiger charge is -2.15. The van der Waals surface area contributed by atoms with Gasteiger partial charge in [0.1, 0.15) is 6.04 Å². The fourth-order valence-corrected chi connectivity index (χ4v) is 3.29. The molecule has 7 heteroatoms. The Labute approximate surface area is 126 Å². The van der Waals surface area contributed by atoms with E-state index in [4.69, 9.17) is 0 Å². The predicted molar refractivity (Wildman–Crippen MR) is 80.8 cm³/mol. The number of carbonyl (C=O) groups is 1. The molecule has 19 heavy (non-hydrogen) atoms. The number of ether oxygens (including phenoxy) is 1. The Morgan fingerprint density at radius 2 is 1.95 bits per heavy atom. The van der Waals surface area contributed by atoms with Gasteiger partial charge in [-0.15, -0.1) is 0 Å². The van der Waals surface area contributed by atoms with E-state index in [-0.39, 0.29) is 4.90 Å². The van der Waals surface area contributed by atoms with Crippen LogP contribution in [0.5, 0.6) is 0 Å². The number of carbonyl (C=O) groups excluding carboxylic acids is 1. The zero-order valence-corrected chi connectivity index (χ0v) is 13.7. The molecule has 0 aliphatic heterocycles. The first kappa shape index (κ1) is 16.4. The van der Waals surface area contributed by atoms with Crippen LogP contribution in [0.25, 0.3) is 0 Å². The Morgan fingerprint density at radius 3 is 2.42 bits per heavy atom. The average Bonchev–Trinajstić information content (AvgIpc) is 2.37. The van der Waals surface area contributed by atoms with E-state index in [1.54, 1.807) is 12.1 Å². The number of aryl methyl sites for hydroxylation is 1. The third kappa shape index (κ3) is 4.73. The summed E-state index contributed by atoms with van der Waals surface area (Å²) in [6.07, 6.45) is 0.387. The van der Waals surface area contributed by atoms with Crippen molar-refractivity contribution in [2.75, 3.05) is 11.5 Å². The number of halogens is 1. The minimum atomic E-state index is -3.71. The molecule has 0 saturated heterocycles. The molecule has 1 aromatic rings. The minimum Gasteiger partial charge on any atom is -0.468 e. The molecule has 0 aliphatic carbocycles. The highest BCUT2D eigenvalue weighted by atomic mass is 127. The Balaban J connectivity index is 2.93. The second-order valence-electron chi connectivity index (χ2n) is 3.99. The first-order valence-electron chi connectivity index (χ1n) is 5.63. The fraction of sp³-hybridized carbons (Fsp3) is 0.417. The van der Waals surface area contributed by atoms with Gasteiger partial charge in [-0.05, 0) is 25.5 Å². The zero-order valence-electron chi connectivity index (χ0n) is 10.7. The summed E-state index contributed by atoms with van der Waals surface area (Å²) < 4.78 is 31.9. The third-order valence-electron chi connectivity index (χ3n) is 2.51. The van der Waals surface area contributed by atoms with Gasteiger partial charge in [-0.2, -0.15) is 4.72 Å². The fourth-order valence-electron chi connectivity index (χ4n) is 1.45. The van der Waals surface area contributed by atoms with Gasteiger partial charge in [0.15, 0.2) is 0 Å². The van der Waals surface area contributed by atoms with E-state index in [0.29, 0.717) is 10.8 Å². The number of methoxy groups -OCH3 is 1. The molecule has 0 aliphatic rings. The molecule has 0 saturated carbocycles. The third-order valence-corrected chi connectivity index (χ3v) is 4.62. The smallest absolute Gasteiger partial charge is 0.323 e. The summed E-state index contributed by atoms with van der Waals surface area (Å²) in [4.78, 5) is 11.7. The summed E-state index contributed by atoms with van der Waals surface area (Å²) in [5.74, 6) is -0.577. The molecule has 0 bridgehead atoms. The van der Waals surface area contributed by atoms with Crippen LogP contribution in [0.4, 0.5) is 0 Å². The van der Waals surface area contributed by atoms with E-state index in [1.165, 1.54) is 19.2 Å². The molecule has 1 unspecified atom stereocenters. The van der Waals surface area contributed by atoms with Gasteiger partial charge in [0.25, 0.3) is 0 Å². The maximum absolute atomic E-state index is 12.1. The lowest BCUT2D eigenvalue weighted by molar-refractivity contribution is -0.142. The van der Waals surface area contributed by atoms with Crippen LogP contribution in [0.2, 0.25) is 0 Å². The molecule has 5 nitrogen and oxygen atoms in total. The molecule has 106 valence electrons. The van der Waals surface area contributed by atoms with Crippen molar-refractivity contribution in [1.29, 1.82) is 0 Å². The predicted octanol–water partition coefficient (Wildman–Crippen LogP) is 1.64. The topological polar surface area (TPSA) is 72.5 Å². The standard InChI is InChI=1S/C12H16INO4S/c1-9-3-5-10(6-4-9)19(16,17)14-11(7-8-13)12(15)18-2/h3-6,11,14H,7-8H2,1-2H3. The SMILES string of the molecule is COC(=O)C(CCI)NS(=O)(=O)c1ccc(C)cc1. The number of nitrogens with one attached hydrogen (secondary N) is 1. The van der Waals surface area contributed by atoms with Gasteiger partial charge in [0.2, 0.25) is 10.0 Å². The van der Waals surface area contributed by atoms with Crippen LogP contribution in [0.15, 0.2) is 29.2 Å². The van der Waals surface area contributed by atoms with Gasteiger partial charge < -0.3 is 4.74 Å². The summed E-state index contributed by atoms with van der Waals surface area (Å²) in [5, 5.41) is 0. The second-order valence-corrected chi connectivity index (χ2v) is 6.78. The van der Waals surface area contributed by atoms with Crippen molar-refractivity contribution in [2.45, 2.75) is 24.3 Å². The van der Waals surface area contributed by atoms with E-state index < -0.39 is 22.0 Å². The van der Waals surface area contributed by atoms with E-state index >= 15 is 0 Å². The summed E-state index contributed by atoms with van der Waals surface area (Å²) >= 11 is 2.08. The molecular weight excluding hydrogens is 381 g/mol. The Morgan fingerprint density at radius 1 is 1.37 bits per heavy atom. The average molecular weight is 397 g/mol. The highest BCUT2D eigenvalue weighted by Crippen LogP contribution is 2.12. The lowest BCUT2D eigenvalue weighted by Crippen LogP contribution is -2.41. The molecule has 0 spiro atoms. The van der Waals surface area contributed by atoms with Crippen molar-refractivity contribution in [2.24, 2.45) is 0 Å². The summed E-state index contributed by atoms with van der Waals surface area (Å²) in [7, 11) is -2.47. The molecule has 0 amide bonds. The first-order valence-corrected chi connectivity index (χ1v) is 8.64. The van der Waals surface area contributed by atoms with E-state index in [9.17, 15) is 13.2 Å². The Hall–Kier alpha value is -0.670. The summed E-state index contributed by atoms with van der Waals surface area (Å²) in [5.41, 5.74) is 0.968. The normalized spacial score (nSPS) is 13.0. The van der Waals surface area contributed by atoms with Crippen LogP contribution >= 0.6 is 22.6 Å². The van der Waals surface area contributed by atoms with Crippen molar-refractivity contribution < 1.29 is 17.9 Å². The molecule has 0 aromatic heterocycles. The first-order chi connectivity index (χ1) is 8.90. The monoisotopic (exact) mass is 397 g/mol. The van der Waals surface area contributed by atoms with Crippen LogP contribution in [0.1, 0.15) is 12.0 Å². The second kappa shape index (κ2) is 7.20. The number of hydrogen-bond acceptors (Lipinski definition) is 4. The quantitative estimate of drug-likeness (QED) is 0.450. The number of benzene rings is 1. The van der Waals surface area contributed by atoms with Crippen molar-refractivity contribution >= 4 is 38.6 Å². The highest BCUT2D eigenvalue weighted by molar-refractivity contribution is 14.1. The van der Waals surface area contributed by atoms with Crippen LogP contribution in [-0.4, -0.2) is 32.0 Å². The molecule has 0 fully saturated rings. The van der Waals surface area contributed by atoms with Crippen LogP contribution in [-0.2, 0) is 19.6 Å². The Kier molecular flexibility index (Phi) is 6.21. The molecule has 1 N–H and O–H groups in total. The largest absolute Gasteiger partial charge is 0.468 e. The number of rotatable bonds is 6. The van der Waals surface area contributed by atoms with Gasteiger partial charge in [-0.3, -0.25) is 4.79 Å². The number of sulfonamides is 1. The van der Waals surface area contributed by atoms with Crippen molar-refractivity contribution in [3.8, 4) is 0 Å². The number of hydrogen-bond donors (Lipinski definition) is 1. The van der Waals surface area contributed by atoms with E-state index in [0.717, 1.165) is 5.56 Å². The Bertz CT molecular complexity index is 527. The minimum absolute atomic E-state index is 0.139. The highest BCUT2D eigenvalue weighted by Gasteiger charge is 2.25. The van der Waals surface area contributed by atoms with Crippen molar-refractivity contribution in [1.82, 2.24) is 4.72 Å². The maximum atomic E-state index is 12.1. The van der Waals surface area contributed by atoms with Gasteiger partial charge in [0.05, 0.1) is 12.0 Å².